The predicted molar refractivity (Wildman–Crippen MR) is 93.9 cm³/mol. The van der Waals surface area contributed by atoms with Crippen molar-refractivity contribution in [1.29, 1.82) is 0 Å². The molecular weight excluding hydrogens is 276 g/mol. The van der Waals surface area contributed by atoms with E-state index in [0.29, 0.717) is 13.2 Å². The highest BCUT2D eigenvalue weighted by molar-refractivity contribution is 5.87. The van der Waals surface area contributed by atoms with Crippen molar-refractivity contribution in [3.8, 4) is 0 Å². The van der Waals surface area contributed by atoms with Gasteiger partial charge in [0.25, 0.3) is 0 Å². The van der Waals surface area contributed by atoms with Crippen LogP contribution in [0, 0.1) is 0 Å². The molecule has 0 bridgehead atoms. The molecule has 4 nitrogen and oxygen atoms in total. The first-order valence-electron chi connectivity index (χ1n) is 9.07. The molecule has 0 saturated heterocycles. The first-order chi connectivity index (χ1) is 10.8. The third-order valence-corrected chi connectivity index (χ3v) is 3.61. The molecule has 0 fully saturated rings. The van der Waals surface area contributed by atoms with Gasteiger partial charge in [-0.1, -0.05) is 51.5 Å². The van der Waals surface area contributed by atoms with E-state index in [1.54, 1.807) is 6.08 Å². The third-order valence-electron chi connectivity index (χ3n) is 3.61. The third kappa shape index (κ3) is 17.2. The molecule has 1 amide bonds. The Hall–Kier alpha value is -0.870. The summed E-state index contributed by atoms with van der Waals surface area (Å²) in [6, 6.07) is 0. The predicted octanol–water partition coefficient (Wildman–Crippen LogP) is 3.16. The van der Waals surface area contributed by atoms with Gasteiger partial charge in [0.15, 0.2) is 0 Å². The van der Waals surface area contributed by atoms with E-state index in [1.165, 1.54) is 44.9 Å². The van der Waals surface area contributed by atoms with Crippen molar-refractivity contribution < 1.29 is 9.90 Å². The maximum atomic E-state index is 11.5. The first kappa shape index (κ1) is 21.1. The van der Waals surface area contributed by atoms with E-state index < -0.39 is 0 Å². The van der Waals surface area contributed by atoms with Crippen molar-refractivity contribution in [2.75, 3.05) is 26.2 Å². The van der Waals surface area contributed by atoms with Gasteiger partial charge in [-0.2, -0.15) is 0 Å². The van der Waals surface area contributed by atoms with Crippen LogP contribution in [0.25, 0.3) is 0 Å². The summed E-state index contributed by atoms with van der Waals surface area (Å²) in [5, 5.41) is 14.9. The number of hydrogen-bond acceptors (Lipinski definition) is 3. The van der Waals surface area contributed by atoms with E-state index in [1.807, 2.05) is 6.08 Å². The molecule has 4 heteroatoms. The van der Waals surface area contributed by atoms with Crippen LogP contribution in [-0.2, 0) is 4.79 Å². The lowest BCUT2D eigenvalue weighted by Crippen LogP contribution is -2.31. The maximum absolute atomic E-state index is 11.5. The highest BCUT2D eigenvalue weighted by Gasteiger charge is 1.94. The zero-order valence-electron chi connectivity index (χ0n) is 14.4. The average molecular weight is 312 g/mol. The van der Waals surface area contributed by atoms with Gasteiger partial charge in [0.2, 0.25) is 5.91 Å². The molecule has 0 radical (unpaired) electrons. The van der Waals surface area contributed by atoms with Crippen molar-refractivity contribution >= 4 is 5.91 Å². The molecular formula is C18H36N2O2. The van der Waals surface area contributed by atoms with Gasteiger partial charge in [-0.3, -0.25) is 4.79 Å². The van der Waals surface area contributed by atoms with Crippen LogP contribution in [0.15, 0.2) is 12.2 Å². The molecule has 0 spiro atoms. The van der Waals surface area contributed by atoms with Gasteiger partial charge in [-0.25, -0.2) is 0 Å². The summed E-state index contributed by atoms with van der Waals surface area (Å²) >= 11 is 0. The van der Waals surface area contributed by atoms with Crippen LogP contribution in [-0.4, -0.2) is 37.3 Å². The van der Waals surface area contributed by atoms with E-state index in [9.17, 15) is 4.79 Å². The number of aliphatic hydroxyl groups excluding tert-OH is 1. The Morgan fingerprint density at radius 1 is 0.909 bits per heavy atom. The summed E-state index contributed by atoms with van der Waals surface area (Å²) in [7, 11) is 0. The molecule has 0 atom stereocenters. The van der Waals surface area contributed by atoms with Crippen LogP contribution in [0.1, 0.15) is 71.1 Å². The molecule has 0 saturated carbocycles. The fourth-order valence-corrected chi connectivity index (χ4v) is 2.23. The Morgan fingerprint density at radius 3 is 2.36 bits per heavy atom. The number of hydrogen-bond donors (Lipinski definition) is 3. The maximum Gasteiger partial charge on any atom is 0.243 e. The Balaban J connectivity index is 3.20. The Bertz CT molecular complexity index is 268. The van der Waals surface area contributed by atoms with Gasteiger partial charge in [0.05, 0.1) is 0 Å². The summed E-state index contributed by atoms with van der Waals surface area (Å²) in [4.78, 5) is 11.5. The largest absolute Gasteiger partial charge is 0.396 e. The van der Waals surface area contributed by atoms with Crippen molar-refractivity contribution in [3.05, 3.63) is 12.2 Å². The second kappa shape index (κ2) is 18.2. The van der Waals surface area contributed by atoms with Gasteiger partial charge in [-0.15, -0.1) is 0 Å². The molecule has 0 rings (SSSR count). The minimum Gasteiger partial charge on any atom is -0.396 e. The quantitative estimate of drug-likeness (QED) is 0.303. The topological polar surface area (TPSA) is 61.4 Å². The van der Waals surface area contributed by atoms with E-state index in [-0.39, 0.29) is 5.91 Å². The van der Waals surface area contributed by atoms with Crippen LogP contribution >= 0.6 is 0 Å². The number of aliphatic hydroxyl groups is 1. The molecule has 0 heterocycles. The summed E-state index contributed by atoms with van der Waals surface area (Å²) in [5.41, 5.74) is 0. The number of unbranched alkanes of at least 4 members (excludes halogenated alkanes) is 8. The first-order valence-corrected chi connectivity index (χ1v) is 9.07. The fraction of sp³-hybridized carbons (Fsp3) is 0.833. The summed E-state index contributed by atoms with van der Waals surface area (Å²) < 4.78 is 0. The summed E-state index contributed by atoms with van der Waals surface area (Å²) in [6.45, 7) is 5.04. The lowest BCUT2D eigenvalue weighted by Gasteiger charge is -2.05. The van der Waals surface area contributed by atoms with E-state index in [4.69, 9.17) is 5.11 Å². The van der Waals surface area contributed by atoms with Crippen LogP contribution in [0.5, 0.6) is 0 Å². The number of carbonyl (C=O) groups is 1. The van der Waals surface area contributed by atoms with Crippen molar-refractivity contribution in [2.45, 2.75) is 71.1 Å². The minimum absolute atomic E-state index is 0.0159. The molecule has 0 unspecified atom stereocenters. The molecule has 0 aromatic carbocycles. The molecule has 130 valence electrons. The van der Waals surface area contributed by atoms with E-state index >= 15 is 0 Å². The molecule has 0 aliphatic heterocycles. The molecule has 0 aromatic heterocycles. The highest BCUT2D eigenvalue weighted by Crippen LogP contribution is 2.04. The SMILES string of the molecule is CCCCC/C=C/C(=O)NCCNCCCCCCCCO. The van der Waals surface area contributed by atoms with Crippen LogP contribution in [0.4, 0.5) is 0 Å². The smallest absolute Gasteiger partial charge is 0.243 e. The number of nitrogens with one attached hydrogen (secondary N) is 2. The standard InChI is InChI=1S/C18H36N2O2/c1-2-3-4-7-10-13-18(22)20-16-15-19-14-11-8-5-6-9-12-17-21/h10,13,19,21H,2-9,11-12,14-17H2,1H3,(H,20,22)/b13-10+. The molecule has 0 aliphatic carbocycles. The van der Waals surface area contributed by atoms with Crippen molar-refractivity contribution in [1.82, 2.24) is 10.6 Å². The number of amides is 1. The molecule has 0 aliphatic rings. The van der Waals surface area contributed by atoms with Gasteiger partial charge < -0.3 is 15.7 Å². The lowest BCUT2D eigenvalue weighted by atomic mass is 10.1. The van der Waals surface area contributed by atoms with Crippen LogP contribution < -0.4 is 10.6 Å². The fourth-order valence-electron chi connectivity index (χ4n) is 2.23. The lowest BCUT2D eigenvalue weighted by molar-refractivity contribution is -0.116. The Morgan fingerprint density at radius 2 is 1.64 bits per heavy atom. The number of rotatable bonds is 16. The van der Waals surface area contributed by atoms with Gasteiger partial charge in [0.1, 0.15) is 0 Å². The minimum atomic E-state index is 0.0159. The summed E-state index contributed by atoms with van der Waals surface area (Å²) in [5.74, 6) is 0.0159. The van der Waals surface area contributed by atoms with Crippen LogP contribution in [0.2, 0.25) is 0 Å². The number of carbonyl (C=O) groups excluding carboxylic acids is 1. The normalized spacial score (nSPS) is 11.2. The zero-order chi connectivity index (χ0) is 16.3. The second-order valence-corrected chi connectivity index (χ2v) is 5.78. The monoisotopic (exact) mass is 312 g/mol. The van der Waals surface area contributed by atoms with Gasteiger partial charge >= 0.3 is 0 Å². The molecule has 22 heavy (non-hydrogen) atoms. The zero-order valence-corrected chi connectivity index (χ0v) is 14.4. The average Bonchev–Trinajstić information content (AvgIpc) is 2.52. The van der Waals surface area contributed by atoms with E-state index in [2.05, 4.69) is 17.6 Å². The van der Waals surface area contributed by atoms with Gasteiger partial charge in [0, 0.05) is 19.7 Å². The Kier molecular flexibility index (Phi) is 17.5. The summed E-state index contributed by atoms with van der Waals surface area (Å²) in [6.07, 6.45) is 15.2. The molecule has 0 aromatic rings. The number of allylic oxidation sites excluding steroid dienone is 1. The van der Waals surface area contributed by atoms with Crippen molar-refractivity contribution in [2.24, 2.45) is 0 Å². The van der Waals surface area contributed by atoms with Crippen LogP contribution in [0.3, 0.4) is 0 Å². The van der Waals surface area contributed by atoms with Crippen molar-refractivity contribution in [3.63, 3.8) is 0 Å². The second-order valence-electron chi connectivity index (χ2n) is 5.78. The highest BCUT2D eigenvalue weighted by atomic mass is 16.2. The Labute approximate surface area is 136 Å². The van der Waals surface area contributed by atoms with E-state index in [0.717, 1.165) is 32.4 Å². The molecule has 3 N–H and O–H groups in total. The van der Waals surface area contributed by atoms with Gasteiger partial charge in [-0.05, 0) is 38.3 Å².